The van der Waals surface area contributed by atoms with Crippen LogP contribution in [-0.2, 0) is 6.54 Å². The first-order valence-electron chi connectivity index (χ1n) is 8.18. The van der Waals surface area contributed by atoms with Gasteiger partial charge < -0.3 is 5.32 Å². The highest BCUT2D eigenvalue weighted by Gasteiger charge is 2.15. The molecule has 0 aliphatic carbocycles. The zero-order valence-corrected chi connectivity index (χ0v) is 15.0. The number of carbonyl (C=O) groups is 1. The highest BCUT2D eigenvalue weighted by molar-refractivity contribution is 6.32. The van der Waals surface area contributed by atoms with Crippen LogP contribution >= 0.6 is 11.6 Å². The summed E-state index contributed by atoms with van der Waals surface area (Å²) in [6.07, 6.45) is 4.25. The van der Waals surface area contributed by atoms with Crippen LogP contribution < -0.4 is 10.7 Å². The number of benzene rings is 1. The summed E-state index contributed by atoms with van der Waals surface area (Å²) in [5, 5.41) is 11.5. The summed E-state index contributed by atoms with van der Waals surface area (Å²) < 4.78 is 3.28. The Morgan fingerprint density at radius 2 is 2.08 bits per heavy atom. The first kappa shape index (κ1) is 17.9. The average molecular weight is 372 g/mol. The molecule has 0 aliphatic rings. The van der Waals surface area contributed by atoms with Crippen LogP contribution in [0.25, 0.3) is 5.69 Å². The van der Waals surface area contributed by atoms with Crippen molar-refractivity contribution in [2.45, 2.75) is 19.9 Å². The number of aryl methyl sites for hydroxylation is 2. The number of nitrogens with zero attached hydrogens (tertiary/aromatic N) is 4. The largest absolute Gasteiger partial charge is 0.350 e. The number of halogens is 1. The molecule has 8 heteroatoms. The van der Waals surface area contributed by atoms with Crippen LogP contribution in [0.5, 0.6) is 0 Å². The van der Waals surface area contributed by atoms with E-state index in [1.54, 1.807) is 36.0 Å². The molecule has 0 unspecified atom stereocenters. The summed E-state index contributed by atoms with van der Waals surface area (Å²) in [6.45, 7) is 2.84. The third kappa shape index (κ3) is 4.00. The molecule has 26 heavy (non-hydrogen) atoms. The summed E-state index contributed by atoms with van der Waals surface area (Å²) in [5.41, 5.74) is 0.628. The van der Waals surface area contributed by atoms with E-state index in [0.717, 1.165) is 0 Å². The summed E-state index contributed by atoms with van der Waals surface area (Å²) in [6, 6.07) is 10.3. The lowest BCUT2D eigenvalue weighted by molar-refractivity contribution is 0.0944. The van der Waals surface area contributed by atoms with Crippen LogP contribution in [0.15, 0.2) is 53.6 Å². The highest BCUT2D eigenvalue weighted by Crippen LogP contribution is 2.19. The van der Waals surface area contributed by atoms with Crippen molar-refractivity contribution in [3.63, 3.8) is 0 Å². The van der Waals surface area contributed by atoms with Gasteiger partial charge in [0.2, 0.25) is 5.43 Å². The van der Waals surface area contributed by atoms with E-state index in [9.17, 15) is 9.59 Å². The maximum Gasteiger partial charge on any atom is 0.275 e. The number of nitrogens with one attached hydrogen (secondary N) is 1. The predicted molar refractivity (Wildman–Crippen MR) is 98.8 cm³/mol. The average Bonchev–Trinajstić information content (AvgIpc) is 3.13. The smallest absolute Gasteiger partial charge is 0.275 e. The molecule has 3 rings (SSSR count). The minimum atomic E-state index is -0.503. The van der Waals surface area contributed by atoms with Crippen molar-refractivity contribution < 1.29 is 4.79 Å². The Bertz CT molecular complexity index is 966. The lowest BCUT2D eigenvalue weighted by Gasteiger charge is -2.12. The molecule has 0 spiro atoms. The van der Waals surface area contributed by atoms with Gasteiger partial charge in [0, 0.05) is 37.2 Å². The van der Waals surface area contributed by atoms with Gasteiger partial charge in [-0.15, -0.1) is 0 Å². The van der Waals surface area contributed by atoms with Crippen LogP contribution in [0.3, 0.4) is 0 Å². The zero-order valence-electron chi connectivity index (χ0n) is 14.2. The lowest BCUT2D eigenvalue weighted by Crippen LogP contribution is -2.32. The molecule has 0 atom stereocenters. The van der Waals surface area contributed by atoms with E-state index in [-0.39, 0.29) is 5.69 Å². The molecule has 2 heterocycles. The fourth-order valence-corrected chi connectivity index (χ4v) is 2.75. The molecule has 1 amide bonds. The fourth-order valence-electron chi connectivity index (χ4n) is 2.53. The van der Waals surface area contributed by atoms with Crippen molar-refractivity contribution in [1.82, 2.24) is 24.9 Å². The molecule has 7 nitrogen and oxygen atoms in total. The van der Waals surface area contributed by atoms with E-state index in [1.165, 1.54) is 10.7 Å². The zero-order chi connectivity index (χ0) is 18.5. The van der Waals surface area contributed by atoms with Crippen LogP contribution in [0.1, 0.15) is 22.6 Å². The van der Waals surface area contributed by atoms with Gasteiger partial charge in [0.25, 0.3) is 5.91 Å². The number of hydrogen-bond donors (Lipinski definition) is 1. The Kier molecular flexibility index (Phi) is 5.48. The maximum atomic E-state index is 12.4. The number of hydrogen-bond acceptors (Lipinski definition) is 4. The quantitative estimate of drug-likeness (QED) is 0.673. The highest BCUT2D eigenvalue weighted by atomic mass is 35.5. The van der Waals surface area contributed by atoms with E-state index < -0.39 is 11.3 Å². The molecule has 2 aromatic heterocycles. The molecular weight excluding hydrogens is 354 g/mol. The van der Waals surface area contributed by atoms with Crippen molar-refractivity contribution >= 4 is 17.5 Å². The fraction of sp³-hybridized carbons (Fsp3) is 0.222. The van der Waals surface area contributed by atoms with Crippen molar-refractivity contribution in [3.05, 3.63) is 75.4 Å². The molecule has 134 valence electrons. The second kappa shape index (κ2) is 7.97. The third-order valence-corrected chi connectivity index (χ3v) is 4.13. The number of amides is 1. The number of carbonyl (C=O) groups excluding carboxylic acids is 1. The third-order valence-electron chi connectivity index (χ3n) is 3.81. The molecule has 0 aliphatic heterocycles. The summed E-state index contributed by atoms with van der Waals surface area (Å²) in [7, 11) is 0. The first-order valence-corrected chi connectivity index (χ1v) is 8.55. The number of rotatable bonds is 6. The Morgan fingerprint density at radius 3 is 2.81 bits per heavy atom. The topological polar surface area (TPSA) is 81.8 Å². The Labute approximate surface area is 155 Å². The lowest BCUT2D eigenvalue weighted by atomic mass is 10.2. The van der Waals surface area contributed by atoms with E-state index in [1.807, 2.05) is 18.3 Å². The van der Waals surface area contributed by atoms with Gasteiger partial charge in [-0.1, -0.05) is 23.7 Å². The molecule has 0 fully saturated rings. The maximum absolute atomic E-state index is 12.4. The second-order valence-electron chi connectivity index (χ2n) is 5.74. The van der Waals surface area contributed by atoms with Gasteiger partial charge in [-0.2, -0.15) is 10.2 Å². The molecule has 0 radical (unpaired) electrons. The van der Waals surface area contributed by atoms with Gasteiger partial charge in [-0.05, 0) is 31.5 Å². The predicted octanol–water partition coefficient (Wildman–Crippen LogP) is 2.21. The van der Waals surface area contributed by atoms with Crippen molar-refractivity contribution in [1.29, 1.82) is 0 Å². The molecule has 3 aromatic rings. The summed E-state index contributed by atoms with van der Waals surface area (Å²) >= 11 is 6.21. The van der Waals surface area contributed by atoms with E-state index in [4.69, 9.17) is 11.6 Å². The van der Waals surface area contributed by atoms with Gasteiger partial charge in [-0.3, -0.25) is 14.3 Å². The molecule has 1 N–H and O–H groups in total. The van der Waals surface area contributed by atoms with Gasteiger partial charge in [-0.25, -0.2) is 4.68 Å². The summed E-state index contributed by atoms with van der Waals surface area (Å²) in [5.74, 6) is -0.503. The number of aromatic nitrogens is 4. The molecule has 0 bridgehead atoms. The van der Waals surface area contributed by atoms with E-state index in [2.05, 4.69) is 15.5 Å². The van der Waals surface area contributed by atoms with Crippen LogP contribution in [0, 0.1) is 6.92 Å². The van der Waals surface area contributed by atoms with E-state index in [0.29, 0.717) is 35.9 Å². The molecular formula is C18H18ClN5O2. The van der Waals surface area contributed by atoms with Crippen molar-refractivity contribution in [2.75, 3.05) is 6.54 Å². The first-order chi connectivity index (χ1) is 12.6. The number of para-hydroxylation sites is 1. The van der Waals surface area contributed by atoms with Gasteiger partial charge in [0.1, 0.15) is 0 Å². The molecule has 0 saturated carbocycles. The van der Waals surface area contributed by atoms with Gasteiger partial charge in [0.05, 0.1) is 10.7 Å². The minimum Gasteiger partial charge on any atom is -0.350 e. The van der Waals surface area contributed by atoms with Crippen molar-refractivity contribution in [3.8, 4) is 5.69 Å². The standard InChI is InChI=1S/C18H18ClN5O2/c1-13-12-16(25)17(22-24(13)15-7-3-2-6-14(15)19)18(26)20-8-4-10-23-11-5-9-21-23/h2-3,5-7,9,11-12H,4,8,10H2,1H3,(H,20,26). The monoisotopic (exact) mass is 371 g/mol. The SMILES string of the molecule is Cc1cc(=O)c(C(=O)NCCCn2cccn2)nn1-c1ccccc1Cl. The van der Waals surface area contributed by atoms with Gasteiger partial charge >= 0.3 is 0 Å². The second-order valence-corrected chi connectivity index (χ2v) is 6.15. The van der Waals surface area contributed by atoms with E-state index >= 15 is 0 Å². The Balaban J connectivity index is 1.74. The normalized spacial score (nSPS) is 10.7. The molecule has 0 saturated heterocycles. The van der Waals surface area contributed by atoms with Crippen LogP contribution in [0.2, 0.25) is 5.02 Å². The Morgan fingerprint density at radius 1 is 1.27 bits per heavy atom. The Hall–Kier alpha value is -2.93. The van der Waals surface area contributed by atoms with Gasteiger partial charge in [0.15, 0.2) is 5.69 Å². The van der Waals surface area contributed by atoms with Crippen molar-refractivity contribution in [2.24, 2.45) is 0 Å². The molecule has 1 aromatic carbocycles. The van der Waals surface area contributed by atoms with Crippen LogP contribution in [-0.4, -0.2) is 32.0 Å². The summed E-state index contributed by atoms with van der Waals surface area (Å²) in [4.78, 5) is 24.5. The van der Waals surface area contributed by atoms with Crippen LogP contribution in [0.4, 0.5) is 0 Å². The minimum absolute atomic E-state index is 0.158.